The lowest BCUT2D eigenvalue weighted by Crippen LogP contribution is -2.47. The minimum Gasteiger partial charge on any atom is -0.383 e. The number of aromatic nitrogens is 2. The van der Waals surface area contributed by atoms with Gasteiger partial charge < -0.3 is 9.64 Å². The van der Waals surface area contributed by atoms with Crippen molar-refractivity contribution in [1.82, 2.24) is 14.7 Å². The van der Waals surface area contributed by atoms with Crippen LogP contribution in [0.25, 0.3) is 0 Å². The number of carbonyl (C=O) groups excluding carboxylic acids is 1. The first-order valence-electron chi connectivity index (χ1n) is 9.34. The number of fused-ring (bicyclic) bond motifs is 1. The number of hydrogen-bond acceptors (Lipinski definition) is 4. The summed E-state index contributed by atoms with van der Waals surface area (Å²) in [4.78, 5) is 20.2. The Morgan fingerprint density at radius 2 is 2.18 bits per heavy atom. The van der Waals surface area contributed by atoms with Crippen LogP contribution in [0.3, 0.4) is 0 Å². The van der Waals surface area contributed by atoms with Crippen molar-refractivity contribution in [2.75, 3.05) is 20.3 Å². The highest BCUT2D eigenvalue weighted by Crippen LogP contribution is 2.41. The first kappa shape index (κ1) is 19.4. The Labute approximate surface area is 174 Å². The maximum atomic E-state index is 13.7. The van der Waals surface area contributed by atoms with Gasteiger partial charge in [0.1, 0.15) is 10.9 Å². The number of halogens is 2. The summed E-state index contributed by atoms with van der Waals surface area (Å²) in [6, 6.07) is 7.28. The molecule has 8 heteroatoms. The van der Waals surface area contributed by atoms with Crippen molar-refractivity contribution in [2.45, 2.75) is 31.8 Å². The molecular weight excluding hydrogens is 399 g/mol. The van der Waals surface area contributed by atoms with E-state index in [4.69, 9.17) is 27.9 Å². The van der Waals surface area contributed by atoms with Gasteiger partial charge in [0.25, 0.3) is 0 Å². The van der Waals surface area contributed by atoms with Crippen LogP contribution in [0.5, 0.6) is 0 Å². The summed E-state index contributed by atoms with van der Waals surface area (Å²) in [6.07, 6.45) is 3.49. The van der Waals surface area contributed by atoms with Crippen molar-refractivity contribution in [3.05, 3.63) is 46.1 Å². The molecule has 2 aliphatic heterocycles. The second kappa shape index (κ2) is 7.85. The van der Waals surface area contributed by atoms with E-state index >= 15 is 0 Å². The fourth-order valence-corrected chi connectivity index (χ4v) is 4.63. The van der Waals surface area contributed by atoms with E-state index in [-0.39, 0.29) is 18.0 Å². The highest BCUT2D eigenvalue weighted by atomic mass is 35.5. The smallest absolute Gasteiger partial charge is 0.234 e. The Hall–Kier alpha value is -1.89. The molecule has 1 aromatic carbocycles. The Balaban J connectivity index is 1.79. The zero-order valence-corrected chi connectivity index (χ0v) is 17.3. The lowest BCUT2D eigenvalue weighted by atomic mass is 9.87. The van der Waals surface area contributed by atoms with E-state index in [1.807, 2.05) is 36.1 Å². The zero-order chi connectivity index (χ0) is 19.8. The summed E-state index contributed by atoms with van der Waals surface area (Å²) in [5, 5.41) is 5.51. The third kappa shape index (κ3) is 3.34. The van der Waals surface area contributed by atoms with E-state index < -0.39 is 5.92 Å². The first-order chi connectivity index (χ1) is 13.5. The number of likely N-dealkylation sites (tertiary alicyclic amines) is 1. The highest BCUT2D eigenvalue weighted by molar-refractivity contribution is 6.33. The van der Waals surface area contributed by atoms with Crippen molar-refractivity contribution in [1.29, 1.82) is 0 Å². The summed E-state index contributed by atoms with van der Waals surface area (Å²) in [5.74, 6) is 0.144. The Bertz CT molecular complexity index is 927. The Morgan fingerprint density at radius 1 is 1.36 bits per heavy atom. The van der Waals surface area contributed by atoms with Gasteiger partial charge in [-0.1, -0.05) is 35.3 Å². The Morgan fingerprint density at radius 3 is 2.93 bits per heavy atom. The maximum absolute atomic E-state index is 13.7. The van der Waals surface area contributed by atoms with Gasteiger partial charge >= 0.3 is 0 Å². The normalized spacial score (nSPS) is 24.2. The average Bonchev–Trinajstić information content (AvgIpc) is 3.28. The van der Waals surface area contributed by atoms with Crippen LogP contribution in [0.2, 0.25) is 10.0 Å². The second-order valence-corrected chi connectivity index (χ2v) is 8.12. The van der Waals surface area contributed by atoms with Crippen molar-refractivity contribution in [3.8, 4) is 0 Å². The maximum Gasteiger partial charge on any atom is 0.234 e. The van der Waals surface area contributed by atoms with Crippen LogP contribution in [0.15, 0.2) is 35.5 Å². The van der Waals surface area contributed by atoms with Crippen LogP contribution >= 0.6 is 23.2 Å². The van der Waals surface area contributed by atoms with Gasteiger partial charge in [-0.25, -0.2) is 9.67 Å². The molecular formula is C20H22Cl2N4O2. The van der Waals surface area contributed by atoms with Crippen molar-refractivity contribution in [2.24, 2.45) is 10.9 Å². The van der Waals surface area contributed by atoms with Crippen LogP contribution < -0.4 is 0 Å². The van der Waals surface area contributed by atoms with Crippen molar-refractivity contribution < 1.29 is 9.53 Å². The molecule has 1 amide bonds. The summed E-state index contributed by atoms with van der Waals surface area (Å²) >= 11 is 12.6. The third-order valence-electron chi connectivity index (χ3n) is 5.51. The molecule has 2 aliphatic rings. The number of hydrogen-bond donors (Lipinski definition) is 0. The number of amides is 1. The molecule has 0 saturated carbocycles. The predicted molar refractivity (Wildman–Crippen MR) is 110 cm³/mol. The van der Waals surface area contributed by atoms with Crippen LogP contribution in [-0.2, 0) is 9.53 Å². The van der Waals surface area contributed by atoms with Gasteiger partial charge in [-0.3, -0.25) is 4.79 Å². The molecule has 2 aromatic rings. The standard InChI is InChI=1S/C20H22Cl2N4O2/c1-12-17(20(27)25-8-4-7-15(25)11-28-2)18(13-5-3-6-14(21)9-13)26-19(24-12)16(22)10-23-26/h3,5-6,9-10,15,17-18H,4,7-8,11H2,1-2H3/t15-,17?,18?/m0/s1. The summed E-state index contributed by atoms with van der Waals surface area (Å²) in [6.45, 7) is 3.15. The quantitative estimate of drug-likeness (QED) is 0.746. The van der Waals surface area contributed by atoms with Crippen LogP contribution in [0.4, 0.5) is 5.82 Å². The number of nitrogens with zero attached hydrogens (tertiary/aromatic N) is 4. The predicted octanol–water partition coefficient (Wildman–Crippen LogP) is 4.14. The molecule has 1 saturated heterocycles. The van der Waals surface area contributed by atoms with Crippen molar-refractivity contribution >= 4 is 40.6 Å². The number of benzene rings is 1. The molecule has 28 heavy (non-hydrogen) atoms. The number of rotatable bonds is 4. The van der Waals surface area contributed by atoms with E-state index in [2.05, 4.69) is 10.1 Å². The number of aliphatic imine (C=N–C) groups is 1. The second-order valence-electron chi connectivity index (χ2n) is 7.27. The molecule has 2 unspecified atom stereocenters. The van der Waals surface area contributed by atoms with Crippen LogP contribution in [0, 0.1) is 5.92 Å². The fourth-order valence-electron chi connectivity index (χ4n) is 4.26. The fraction of sp³-hybridized carbons (Fsp3) is 0.450. The molecule has 6 nitrogen and oxygen atoms in total. The Kier molecular flexibility index (Phi) is 5.45. The van der Waals surface area contributed by atoms with Crippen molar-refractivity contribution in [3.63, 3.8) is 0 Å². The van der Waals surface area contributed by atoms with E-state index in [1.54, 1.807) is 18.0 Å². The topological polar surface area (TPSA) is 59.7 Å². The van der Waals surface area contributed by atoms with Gasteiger partial charge in [-0.15, -0.1) is 0 Å². The molecule has 0 spiro atoms. The molecule has 0 N–H and O–H groups in total. The van der Waals surface area contributed by atoms with E-state index in [1.165, 1.54) is 0 Å². The molecule has 4 rings (SSSR count). The van der Waals surface area contributed by atoms with Crippen LogP contribution in [0.1, 0.15) is 31.4 Å². The molecule has 1 fully saturated rings. The average molecular weight is 421 g/mol. The monoisotopic (exact) mass is 420 g/mol. The molecule has 1 aromatic heterocycles. The number of methoxy groups -OCH3 is 1. The molecule has 0 radical (unpaired) electrons. The number of ether oxygens (including phenoxy) is 1. The largest absolute Gasteiger partial charge is 0.383 e. The van der Waals surface area contributed by atoms with Gasteiger partial charge in [0, 0.05) is 24.4 Å². The number of carbonyl (C=O) groups is 1. The van der Waals surface area contributed by atoms with E-state index in [0.29, 0.717) is 22.5 Å². The van der Waals surface area contributed by atoms with E-state index in [0.717, 1.165) is 30.7 Å². The first-order valence-corrected chi connectivity index (χ1v) is 10.1. The minimum atomic E-state index is -0.473. The zero-order valence-electron chi connectivity index (χ0n) is 15.8. The molecule has 0 aliphatic carbocycles. The van der Waals surface area contributed by atoms with E-state index in [9.17, 15) is 4.79 Å². The molecule has 0 bridgehead atoms. The van der Waals surface area contributed by atoms with Gasteiger partial charge in [-0.2, -0.15) is 5.10 Å². The minimum absolute atomic E-state index is 0.0445. The third-order valence-corrected chi connectivity index (χ3v) is 6.01. The van der Waals surface area contributed by atoms with Gasteiger partial charge in [0.05, 0.1) is 24.9 Å². The van der Waals surface area contributed by atoms with Gasteiger partial charge in [-0.05, 0) is 37.5 Å². The lowest BCUT2D eigenvalue weighted by molar-refractivity contribution is -0.136. The van der Waals surface area contributed by atoms with Gasteiger partial charge in [0.15, 0.2) is 5.82 Å². The summed E-state index contributed by atoms with van der Waals surface area (Å²) < 4.78 is 7.07. The highest BCUT2D eigenvalue weighted by Gasteiger charge is 2.43. The molecule has 3 heterocycles. The summed E-state index contributed by atoms with van der Waals surface area (Å²) in [7, 11) is 1.67. The summed E-state index contributed by atoms with van der Waals surface area (Å²) in [5.41, 5.74) is 1.64. The molecule has 148 valence electrons. The van der Waals surface area contributed by atoms with Gasteiger partial charge in [0.2, 0.25) is 5.91 Å². The molecule has 3 atom stereocenters. The SMILES string of the molecule is COC[C@@H]1CCCN1C(=O)C1C(C)=Nc2c(Cl)cnn2C1c1cccc(Cl)c1. The lowest BCUT2D eigenvalue weighted by Gasteiger charge is -2.35. The van der Waals surface area contributed by atoms with Crippen LogP contribution in [-0.4, -0.2) is 52.6 Å².